The van der Waals surface area contributed by atoms with Crippen LogP contribution in [0.25, 0.3) is 0 Å². The second kappa shape index (κ2) is 5.53. The summed E-state index contributed by atoms with van der Waals surface area (Å²) in [6.07, 6.45) is 0. The molecule has 1 rings (SSSR count). The lowest BCUT2D eigenvalue weighted by atomic mass is 10.1. The fraction of sp³-hybridized carbons (Fsp3) is 0.385. The van der Waals surface area contributed by atoms with E-state index >= 15 is 0 Å². The van der Waals surface area contributed by atoms with Crippen LogP contribution in [0, 0.1) is 6.92 Å². The van der Waals surface area contributed by atoms with Crippen molar-refractivity contribution in [3.8, 4) is 5.75 Å². The molecule has 0 atom stereocenters. The third kappa shape index (κ3) is 3.23. The van der Waals surface area contributed by atoms with Gasteiger partial charge in [0.2, 0.25) is 0 Å². The van der Waals surface area contributed by atoms with E-state index in [1.807, 2.05) is 0 Å². The van der Waals surface area contributed by atoms with E-state index in [1.54, 1.807) is 32.9 Å². The minimum absolute atomic E-state index is 0.0277. The average molecular weight is 251 g/mol. The summed E-state index contributed by atoms with van der Waals surface area (Å²) < 4.78 is 0. The molecule has 2 N–H and O–H groups in total. The van der Waals surface area contributed by atoms with Crippen LogP contribution in [0.1, 0.15) is 29.8 Å². The number of phenolic OH excluding ortho intramolecular Hbond substituents is 1. The topological polar surface area (TPSA) is 77.8 Å². The highest BCUT2D eigenvalue weighted by Crippen LogP contribution is 2.19. The van der Waals surface area contributed by atoms with Crippen LogP contribution >= 0.6 is 0 Å². The number of carbonyl (C=O) groups is 2. The lowest BCUT2D eigenvalue weighted by Crippen LogP contribution is -2.40. The molecule has 0 fully saturated rings. The fourth-order valence-electron chi connectivity index (χ4n) is 1.54. The molecule has 5 nitrogen and oxygen atoms in total. The Morgan fingerprint density at radius 2 is 1.94 bits per heavy atom. The largest absolute Gasteiger partial charge is 0.508 e. The minimum Gasteiger partial charge on any atom is -0.508 e. The van der Waals surface area contributed by atoms with Gasteiger partial charge < -0.3 is 15.1 Å². The van der Waals surface area contributed by atoms with Crippen LogP contribution in [0.3, 0.4) is 0 Å². The van der Waals surface area contributed by atoms with Crippen LogP contribution < -0.4 is 0 Å². The van der Waals surface area contributed by atoms with Crippen molar-refractivity contribution in [2.45, 2.75) is 26.8 Å². The van der Waals surface area contributed by atoms with Crippen LogP contribution in [-0.4, -0.2) is 39.6 Å². The van der Waals surface area contributed by atoms with Crippen molar-refractivity contribution in [3.05, 3.63) is 29.3 Å². The van der Waals surface area contributed by atoms with Crippen molar-refractivity contribution in [2.24, 2.45) is 0 Å². The smallest absolute Gasteiger partial charge is 0.323 e. The second-order valence-corrected chi connectivity index (χ2v) is 4.42. The molecule has 5 heteroatoms. The van der Waals surface area contributed by atoms with Gasteiger partial charge in [-0.1, -0.05) is 6.07 Å². The Balaban J connectivity index is 3.02. The molecule has 0 aliphatic heterocycles. The SMILES string of the molecule is Cc1ccc(C(=O)N(CC(=O)O)C(C)C)cc1O. The molecule has 0 bridgehead atoms. The lowest BCUT2D eigenvalue weighted by Gasteiger charge is -2.25. The van der Waals surface area contributed by atoms with Gasteiger partial charge in [0, 0.05) is 11.6 Å². The molecular formula is C13H17NO4. The molecule has 18 heavy (non-hydrogen) atoms. The van der Waals surface area contributed by atoms with Crippen molar-refractivity contribution in [1.29, 1.82) is 0 Å². The number of nitrogens with zero attached hydrogens (tertiary/aromatic N) is 1. The highest BCUT2D eigenvalue weighted by atomic mass is 16.4. The molecule has 0 aliphatic carbocycles. The summed E-state index contributed by atoms with van der Waals surface area (Å²) in [6.45, 7) is 4.86. The number of carboxylic acid groups (broad SMARTS) is 1. The Bertz CT molecular complexity index is 468. The molecule has 0 spiro atoms. The monoisotopic (exact) mass is 251 g/mol. The number of benzene rings is 1. The van der Waals surface area contributed by atoms with E-state index in [4.69, 9.17) is 5.11 Å². The third-order valence-electron chi connectivity index (χ3n) is 2.65. The summed E-state index contributed by atoms with van der Waals surface area (Å²) in [5.74, 6) is -1.43. The Morgan fingerprint density at radius 3 is 2.39 bits per heavy atom. The molecule has 0 unspecified atom stereocenters. The first-order valence-electron chi connectivity index (χ1n) is 5.65. The van der Waals surface area contributed by atoms with Crippen LogP contribution in [0.4, 0.5) is 0 Å². The molecule has 98 valence electrons. The number of hydrogen-bond acceptors (Lipinski definition) is 3. The maximum atomic E-state index is 12.1. The Hall–Kier alpha value is -2.04. The average Bonchev–Trinajstić information content (AvgIpc) is 2.28. The number of amides is 1. The fourth-order valence-corrected chi connectivity index (χ4v) is 1.54. The minimum atomic E-state index is -1.06. The number of phenols is 1. The summed E-state index contributed by atoms with van der Waals surface area (Å²) in [4.78, 5) is 24.1. The van der Waals surface area contributed by atoms with Gasteiger partial charge in [0.15, 0.2) is 0 Å². The number of carboxylic acids is 1. The van der Waals surface area contributed by atoms with E-state index in [9.17, 15) is 14.7 Å². The lowest BCUT2D eigenvalue weighted by molar-refractivity contribution is -0.138. The molecule has 0 aromatic heterocycles. The molecular weight excluding hydrogens is 234 g/mol. The maximum absolute atomic E-state index is 12.1. The van der Waals surface area contributed by atoms with E-state index in [-0.39, 0.29) is 23.9 Å². The first kappa shape index (κ1) is 14.0. The molecule has 0 saturated heterocycles. The van der Waals surface area contributed by atoms with Crippen LogP contribution in [0.2, 0.25) is 0 Å². The van der Waals surface area contributed by atoms with Gasteiger partial charge in [-0.05, 0) is 38.5 Å². The Kier molecular flexibility index (Phi) is 4.31. The second-order valence-electron chi connectivity index (χ2n) is 4.42. The summed E-state index contributed by atoms with van der Waals surface area (Å²) >= 11 is 0. The van der Waals surface area contributed by atoms with Crippen LogP contribution in [0.5, 0.6) is 5.75 Å². The zero-order chi connectivity index (χ0) is 13.9. The van der Waals surface area contributed by atoms with E-state index in [2.05, 4.69) is 0 Å². The predicted molar refractivity (Wildman–Crippen MR) is 66.7 cm³/mol. The highest BCUT2D eigenvalue weighted by molar-refractivity contribution is 5.96. The van der Waals surface area contributed by atoms with E-state index < -0.39 is 11.9 Å². The molecule has 0 heterocycles. The highest BCUT2D eigenvalue weighted by Gasteiger charge is 2.21. The van der Waals surface area contributed by atoms with Gasteiger partial charge in [-0.25, -0.2) is 0 Å². The quantitative estimate of drug-likeness (QED) is 0.852. The first-order chi connectivity index (χ1) is 8.32. The Labute approximate surface area is 106 Å². The third-order valence-corrected chi connectivity index (χ3v) is 2.65. The molecule has 1 aromatic carbocycles. The Morgan fingerprint density at radius 1 is 1.33 bits per heavy atom. The van der Waals surface area contributed by atoms with Gasteiger partial charge in [-0.2, -0.15) is 0 Å². The maximum Gasteiger partial charge on any atom is 0.323 e. The van der Waals surface area contributed by atoms with Crippen LogP contribution in [0.15, 0.2) is 18.2 Å². The van der Waals surface area contributed by atoms with E-state index in [0.29, 0.717) is 5.56 Å². The number of aromatic hydroxyl groups is 1. The van der Waals surface area contributed by atoms with Crippen molar-refractivity contribution in [1.82, 2.24) is 4.90 Å². The summed E-state index contributed by atoms with van der Waals surface area (Å²) in [7, 11) is 0. The zero-order valence-electron chi connectivity index (χ0n) is 10.7. The first-order valence-corrected chi connectivity index (χ1v) is 5.65. The molecule has 1 aromatic rings. The number of rotatable bonds is 4. The van der Waals surface area contributed by atoms with Gasteiger partial charge in [-0.15, -0.1) is 0 Å². The van der Waals surface area contributed by atoms with Crippen molar-refractivity contribution >= 4 is 11.9 Å². The number of hydrogen-bond donors (Lipinski definition) is 2. The molecule has 1 amide bonds. The number of carbonyl (C=O) groups excluding carboxylic acids is 1. The standard InChI is InChI=1S/C13H17NO4/c1-8(2)14(7-12(16)17)13(18)10-5-4-9(3)11(15)6-10/h4-6,8,15H,7H2,1-3H3,(H,16,17). The van der Waals surface area contributed by atoms with E-state index in [1.165, 1.54) is 11.0 Å². The predicted octanol–water partition coefficient (Wildman–Crippen LogP) is 1.64. The molecule has 0 aliphatic rings. The van der Waals surface area contributed by atoms with Gasteiger partial charge in [0.05, 0.1) is 0 Å². The number of aliphatic carboxylic acids is 1. The number of aryl methyl sites for hydroxylation is 1. The van der Waals surface area contributed by atoms with Gasteiger partial charge in [0.25, 0.3) is 5.91 Å². The van der Waals surface area contributed by atoms with Gasteiger partial charge in [0.1, 0.15) is 12.3 Å². The zero-order valence-corrected chi connectivity index (χ0v) is 10.7. The van der Waals surface area contributed by atoms with Crippen molar-refractivity contribution < 1.29 is 19.8 Å². The van der Waals surface area contributed by atoms with Crippen molar-refractivity contribution in [2.75, 3.05) is 6.54 Å². The van der Waals surface area contributed by atoms with E-state index in [0.717, 1.165) is 0 Å². The van der Waals surface area contributed by atoms with Gasteiger partial charge >= 0.3 is 5.97 Å². The molecule has 0 saturated carbocycles. The normalized spacial score (nSPS) is 10.4. The summed E-state index contributed by atoms with van der Waals surface area (Å²) in [5.41, 5.74) is 0.953. The van der Waals surface area contributed by atoms with Gasteiger partial charge in [-0.3, -0.25) is 9.59 Å². The van der Waals surface area contributed by atoms with Crippen molar-refractivity contribution in [3.63, 3.8) is 0 Å². The summed E-state index contributed by atoms with van der Waals surface area (Å²) in [6, 6.07) is 4.34. The van der Waals surface area contributed by atoms with Crippen LogP contribution in [-0.2, 0) is 4.79 Å². The summed E-state index contributed by atoms with van der Waals surface area (Å²) in [5, 5.41) is 18.3. The molecule has 0 radical (unpaired) electrons.